The molecule has 0 saturated heterocycles. The SMILES string of the molecule is c1ccc2c(c1)CSCC2NCc1nnc2ccccn12. The predicted molar refractivity (Wildman–Crippen MR) is 85.2 cm³/mol. The Kier molecular flexibility index (Phi) is 3.37. The molecule has 1 aliphatic heterocycles. The second-order valence-corrected chi connectivity index (χ2v) is 6.22. The minimum absolute atomic E-state index is 0.385. The molecule has 0 fully saturated rings. The third-order valence-corrected chi connectivity index (χ3v) is 4.95. The van der Waals surface area contributed by atoms with E-state index in [1.165, 1.54) is 11.1 Å². The molecule has 1 unspecified atom stereocenters. The fourth-order valence-corrected chi connectivity index (χ4v) is 3.91. The summed E-state index contributed by atoms with van der Waals surface area (Å²) < 4.78 is 2.04. The lowest BCUT2D eigenvalue weighted by Gasteiger charge is -2.25. The Morgan fingerprint density at radius 1 is 1.14 bits per heavy atom. The molecule has 2 aromatic heterocycles. The molecule has 0 spiro atoms. The largest absolute Gasteiger partial charge is 0.302 e. The van der Waals surface area contributed by atoms with Crippen molar-refractivity contribution in [3.8, 4) is 0 Å². The van der Waals surface area contributed by atoms with Crippen LogP contribution in [-0.2, 0) is 12.3 Å². The second kappa shape index (κ2) is 5.50. The van der Waals surface area contributed by atoms with E-state index in [0.29, 0.717) is 6.04 Å². The van der Waals surface area contributed by atoms with Crippen LogP contribution < -0.4 is 5.32 Å². The van der Waals surface area contributed by atoms with Gasteiger partial charge in [0.1, 0.15) is 0 Å². The zero-order valence-electron chi connectivity index (χ0n) is 11.6. The Labute approximate surface area is 127 Å². The lowest BCUT2D eigenvalue weighted by atomic mass is 10.0. The summed E-state index contributed by atoms with van der Waals surface area (Å²) in [4.78, 5) is 0. The number of nitrogens with one attached hydrogen (secondary N) is 1. The monoisotopic (exact) mass is 296 g/mol. The van der Waals surface area contributed by atoms with E-state index >= 15 is 0 Å². The van der Waals surface area contributed by atoms with Gasteiger partial charge >= 0.3 is 0 Å². The van der Waals surface area contributed by atoms with E-state index in [1.807, 2.05) is 40.6 Å². The summed E-state index contributed by atoms with van der Waals surface area (Å²) in [5.41, 5.74) is 3.76. The zero-order chi connectivity index (χ0) is 14.1. The molecule has 4 nitrogen and oxygen atoms in total. The first-order valence-corrected chi connectivity index (χ1v) is 8.25. The van der Waals surface area contributed by atoms with Crippen LogP contribution in [0.15, 0.2) is 48.7 Å². The number of aromatic nitrogens is 3. The lowest BCUT2D eigenvalue weighted by molar-refractivity contribution is 0.557. The molecule has 0 saturated carbocycles. The number of nitrogens with zero attached hydrogens (tertiary/aromatic N) is 3. The first-order valence-electron chi connectivity index (χ1n) is 7.09. The average molecular weight is 296 g/mol. The molecule has 21 heavy (non-hydrogen) atoms. The van der Waals surface area contributed by atoms with Crippen LogP contribution in [0.2, 0.25) is 0 Å². The Morgan fingerprint density at radius 2 is 2.05 bits per heavy atom. The maximum atomic E-state index is 4.28. The van der Waals surface area contributed by atoms with Crippen molar-refractivity contribution in [2.75, 3.05) is 5.75 Å². The molecular formula is C16H16N4S. The zero-order valence-corrected chi connectivity index (χ0v) is 12.4. The smallest absolute Gasteiger partial charge is 0.160 e. The molecule has 4 rings (SSSR count). The molecule has 0 radical (unpaired) electrons. The standard InChI is InChI=1S/C16H16N4S/c1-2-6-13-12(5-1)10-21-11-14(13)17-9-16-19-18-15-7-3-4-8-20(15)16/h1-8,14,17H,9-11H2. The molecule has 1 aromatic carbocycles. The highest BCUT2D eigenvalue weighted by atomic mass is 32.2. The van der Waals surface area contributed by atoms with Crippen molar-refractivity contribution in [3.05, 3.63) is 65.6 Å². The topological polar surface area (TPSA) is 42.2 Å². The minimum atomic E-state index is 0.385. The summed E-state index contributed by atoms with van der Waals surface area (Å²) >= 11 is 1.98. The average Bonchev–Trinajstić information content (AvgIpc) is 2.96. The number of hydrogen-bond donors (Lipinski definition) is 1. The van der Waals surface area contributed by atoms with Crippen molar-refractivity contribution in [3.63, 3.8) is 0 Å². The summed E-state index contributed by atoms with van der Waals surface area (Å²) in [6, 6.07) is 15.0. The quantitative estimate of drug-likeness (QED) is 0.807. The van der Waals surface area contributed by atoms with Gasteiger partial charge in [-0.15, -0.1) is 10.2 Å². The number of thioether (sulfide) groups is 1. The molecule has 3 aromatic rings. The van der Waals surface area contributed by atoms with E-state index in [4.69, 9.17) is 0 Å². The molecule has 0 amide bonds. The normalized spacial score (nSPS) is 17.8. The van der Waals surface area contributed by atoms with Gasteiger partial charge in [-0.25, -0.2) is 0 Å². The van der Waals surface area contributed by atoms with E-state index in [1.54, 1.807) is 0 Å². The van der Waals surface area contributed by atoms with Crippen LogP contribution in [0.4, 0.5) is 0 Å². The van der Waals surface area contributed by atoms with Crippen LogP contribution in [0.1, 0.15) is 23.0 Å². The lowest BCUT2D eigenvalue weighted by Crippen LogP contribution is -2.27. The van der Waals surface area contributed by atoms with Gasteiger partial charge in [-0.1, -0.05) is 30.3 Å². The van der Waals surface area contributed by atoms with Gasteiger partial charge in [0.25, 0.3) is 0 Å². The maximum absolute atomic E-state index is 4.28. The highest BCUT2D eigenvalue weighted by molar-refractivity contribution is 7.98. The van der Waals surface area contributed by atoms with E-state index in [9.17, 15) is 0 Å². The van der Waals surface area contributed by atoms with Crippen molar-refractivity contribution in [2.24, 2.45) is 0 Å². The van der Waals surface area contributed by atoms with Gasteiger partial charge in [0.15, 0.2) is 11.5 Å². The van der Waals surface area contributed by atoms with Crippen LogP contribution in [0.25, 0.3) is 5.65 Å². The molecule has 0 bridgehead atoms. The van der Waals surface area contributed by atoms with Crippen LogP contribution in [-0.4, -0.2) is 20.4 Å². The van der Waals surface area contributed by atoms with Crippen molar-refractivity contribution in [2.45, 2.75) is 18.3 Å². The van der Waals surface area contributed by atoms with Crippen molar-refractivity contribution >= 4 is 17.4 Å². The van der Waals surface area contributed by atoms with E-state index in [-0.39, 0.29) is 0 Å². The number of fused-ring (bicyclic) bond motifs is 2. The van der Waals surface area contributed by atoms with Crippen LogP contribution in [0.3, 0.4) is 0 Å². The number of rotatable bonds is 3. The number of pyridine rings is 1. The molecule has 1 atom stereocenters. The van der Waals surface area contributed by atoms with Gasteiger partial charge < -0.3 is 5.32 Å². The molecular weight excluding hydrogens is 280 g/mol. The van der Waals surface area contributed by atoms with Gasteiger partial charge in [0.2, 0.25) is 0 Å². The fourth-order valence-electron chi connectivity index (χ4n) is 2.78. The summed E-state index contributed by atoms with van der Waals surface area (Å²) in [5.74, 6) is 3.18. The molecule has 5 heteroatoms. The van der Waals surface area contributed by atoms with E-state index in [0.717, 1.165) is 29.5 Å². The Morgan fingerprint density at radius 3 is 3.05 bits per heavy atom. The van der Waals surface area contributed by atoms with E-state index in [2.05, 4.69) is 39.8 Å². The number of hydrogen-bond acceptors (Lipinski definition) is 4. The first kappa shape index (κ1) is 12.9. The van der Waals surface area contributed by atoms with Gasteiger partial charge in [0, 0.05) is 23.7 Å². The van der Waals surface area contributed by atoms with Crippen molar-refractivity contribution < 1.29 is 0 Å². The van der Waals surface area contributed by atoms with Crippen molar-refractivity contribution in [1.29, 1.82) is 0 Å². The third kappa shape index (κ3) is 2.43. The molecule has 0 aliphatic carbocycles. The van der Waals surface area contributed by atoms with Crippen molar-refractivity contribution in [1.82, 2.24) is 19.9 Å². The van der Waals surface area contributed by atoms with Gasteiger partial charge in [0.05, 0.1) is 6.54 Å². The highest BCUT2D eigenvalue weighted by Gasteiger charge is 2.20. The maximum Gasteiger partial charge on any atom is 0.160 e. The molecule has 1 N–H and O–H groups in total. The fraction of sp³-hybridized carbons (Fsp3) is 0.250. The highest BCUT2D eigenvalue weighted by Crippen LogP contribution is 2.31. The summed E-state index contributed by atoms with van der Waals surface area (Å²) in [5, 5.41) is 12.1. The molecule has 1 aliphatic rings. The second-order valence-electron chi connectivity index (χ2n) is 5.19. The van der Waals surface area contributed by atoms with Crippen LogP contribution in [0.5, 0.6) is 0 Å². The Bertz CT molecular complexity index is 768. The number of benzene rings is 1. The van der Waals surface area contributed by atoms with Crippen LogP contribution in [0, 0.1) is 0 Å². The molecule has 106 valence electrons. The van der Waals surface area contributed by atoms with E-state index < -0.39 is 0 Å². The summed E-state index contributed by atoms with van der Waals surface area (Å²) in [7, 11) is 0. The first-order chi connectivity index (χ1) is 10.4. The van der Waals surface area contributed by atoms with Gasteiger partial charge in [-0.05, 0) is 23.3 Å². The third-order valence-electron chi connectivity index (χ3n) is 3.86. The van der Waals surface area contributed by atoms with Crippen LogP contribution >= 0.6 is 11.8 Å². The Balaban J connectivity index is 1.55. The molecule has 3 heterocycles. The predicted octanol–water partition coefficient (Wildman–Crippen LogP) is 2.81. The summed E-state index contributed by atoms with van der Waals surface area (Å²) in [6.07, 6.45) is 2.01. The summed E-state index contributed by atoms with van der Waals surface area (Å²) in [6.45, 7) is 0.727. The van der Waals surface area contributed by atoms with Gasteiger partial charge in [-0.3, -0.25) is 4.40 Å². The Hall–Kier alpha value is -1.85. The van der Waals surface area contributed by atoms with Gasteiger partial charge in [-0.2, -0.15) is 11.8 Å². The minimum Gasteiger partial charge on any atom is -0.302 e.